The zero-order chi connectivity index (χ0) is 20.1. The second-order valence-electron chi connectivity index (χ2n) is 6.47. The molecule has 2 aromatic carbocycles. The summed E-state index contributed by atoms with van der Waals surface area (Å²) in [5, 5.41) is 4.49. The van der Waals surface area contributed by atoms with Gasteiger partial charge >= 0.3 is 0 Å². The number of hydrogen-bond donors (Lipinski definition) is 1. The van der Waals surface area contributed by atoms with Crippen LogP contribution in [-0.2, 0) is 22.5 Å². The molecule has 0 fully saturated rings. The number of amides is 1. The van der Waals surface area contributed by atoms with Gasteiger partial charge in [0.05, 0.1) is 23.4 Å². The van der Waals surface area contributed by atoms with Crippen molar-refractivity contribution in [3.8, 4) is 0 Å². The number of ether oxygens (including phenoxy) is 1. The first-order chi connectivity index (χ1) is 13.5. The van der Waals surface area contributed by atoms with Crippen LogP contribution < -0.4 is 5.32 Å². The SMILES string of the molecule is CCc1cccc(C)c1NC(=O)CSc1nc2cc(Cl)ccc2n1CCOC. The van der Waals surface area contributed by atoms with E-state index in [1.165, 1.54) is 11.8 Å². The molecule has 148 valence electrons. The average molecular weight is 418 g/mol. The molecule has 3 aromatic rings. The van der Waals surface area contributed by atoms with Gasteiger partial charge in [-0.2, -0.15) is 0 Å². The number of nitrogens with one attached hydrogen (secondary N) is 1. The third-order valence-corrected chi connectivity index (χ3v) is 5.74. The third kappa shape index (κ3) is 4.69. The smallest absolute Gasteiger partial charge is 0.234 e. The fourth-order valence-corrected chi connectivity index (χ4v) is 4.10. The van der Waals surface area contributed by atoms with E-state index in [1.54, 1.807) is 7.11 Å². The van der Waals surface area contributed by atoms with Gasteiger partial charge in [0.2, 0.25) is 5.91 Å². The van der Waals surface area contributed by atoms with Gasteiger partial charge in [-0.25, -0.2) is 4.98 Å². The standard InChI is InChI=1S/C21H24ClN3O2S/c1-4-15-7-5-6-14(2)20(15)24-19(26)13-28-21-23-17-12-16(22)8-9-18(17)25(21)10-11-27-3/h5-9,12H,4,10-11,13H2,1-3H3,(H,24,26). The van der Waals surface area contributed by atoms with E-state index >= 15 is 0 Å². The van der Waals surface area contributed by atoms with Gasteiger partial charge in [-0.3, -0.25) is 4.79 Å². The summed E-state index contributed by atoms with van der Waals surface area (Å²) in [6, 6.07) is 11.7. The monoisotopic (exact) mass is 417 g/mol. The number of para-hydroxylation sites is 1. The molecule has 28 heavy (non-hydrogen) atoms. The number of nitrogens with zero attached hydrogens (tertiary/aromatic N) is 2. The molecule has 5 nitrogen and oxygen atoms in total. The number of methoxy groups -OCH3 is 1. The summed E-state index contributed by atoms with van der Waals surface area (Å²) < 4.78 is 7.29. The van der Waals surface area contributed by atoms with Gasteiger partial charge in [-0.05, 0) is 42.7 Å². The minimum atomic E-state index is -0.0441. The Hall–Kier alpha value is -2.02. The van der Waals surface area contributed by atoms with E-state index in [-0.39, 0.29) is 11.7 Å². The molecule has 1 amide bonds. The summed E-state index contributed by atoms with van der Waals surface area (Å²) >= 11 is 7.52. The van der Waals surface area contributed by atoms with Crippen molar-refractivity contribution in [1.29, 1.82) is 0 Å². The summed E-state index contributed by atoms with van der Waals surface area (Å²) in [5.41, 5.74) is 4.92. The molecule has 7 heteroatoms. The summed E-state index contributed by atoms with van der Waals surface area (Å²) in [4.78, 5) is 17.2. The summed E-state index contributed by atoms with van der Waals surface area (Å²) in [5.74, 6) is 0.235. The fourth-order valence-electron chi connectivity index (χ4n) is 3.10. The number of anilines is 1. The van der Waals surface area contributed by atoms with Crippen molar-refractivity contribution >= 4 is 46.0 Å². The molecule has 0 aliphatic carbocycles. The lowest BCUT2D eigenvalue weighted by Gasteiger charge is -2.13. The Balaban J connectivity index is 1.77. The zero-order valence-corrected chi connectivity index (χ0v) is 17.9. The van der Waals surface area contributed by atoms with Crippen molar-refractivity contribution in [2.24, 2.45) is 0 Å². The minimum Gasteiger partial charge on any atom is -0.383 e. The fraction of sp³-hybridized carbons (Fsp3) is 0.333. The highest BCUT2D eigenvalue weighted by Crippen LogP contribution is 2.27. The van der Waals surface area contributed by atoms with E-state index in [4.69, 9.17) is 16.3 Å². The first-order valence-electron chi connectivity index (χ1n) is 9.19. The summed E-state index contributed by atoms with van der Waals surface area (Å²) in [7, 11) is 1.67. The molecule has 0 unspecified atom stereocenters. The van der Waals surface area contributed by atoms with Crippen LogP contribution >= 0.6 is 23.4 Å². The van der Waals surface area contributed by atoms with Gasteiger partial charge in [0, 0.05) is 24.4 Å². The third-order valence-electron chi connectivity index (χ3n) is 4.53. The molecule has 0 saturated carbocycles. The Morgan fingerprint density at radius 3 is 2.89 bits per heavy atom. The molecule has 0 radical (unpaired) electrons. The first-order valence-corrected chi connectivity index (χ1v) is 10.6. The maximum Gasteiger partial charge on any atom is 0.234 e. The van der Waals surface area contributed by atoms with Gasteiger partial charge in [0.1, 0.15) is 0 Å². The van der Waals surface area contributed by atoms with Crippen molar-refractivity contribution in [2.45, 2.75) is 32.0 Å². The minimum absolute atomic E-state index is 0.0441. The molecule has 0 atom stereocenters. The molecule has 0 bridgehead atoms. The second-order valence-corrected chi connectivity index (χ2v) is 7.85. The molecule has 0 saturated heterocycles. The molecule has 1 aromatic heterocycles. The van der Waals surface area contributed by atoms with E-state index in [2.05, 4.69) is 21.8 Å². The van der Waals surface area contributed by atoms with Crippen molar-refractivity contribution in [2.75, 3.05) is 24.8 Å². The number of rotatable bonds is 8. The zero-order valence-electron chi connectivity index (χ0n) is 16.3. The number of carbonyl (C=O) groups excluding carboxylic acids is 1. The van der Waals surface area contributed by atoms with Crippen molar-refractivity contribution < 1.29 is 9.53 Å². The highest BCUT2D eigenvalue weighted by molar-refractivity contribution is 7.99. The van der Waals surface area contributed by atoms with Crippen LogP contribution in [0.15, 0.2) is 41.6 Å². The Morgan fingerprint density at radius 1 is 1.32 bits per heavy atom. The predicted molar refractivity (Wildman–Crippen MR) is 117 cm³/mol. The van der Waals surface area contributed by atoms with Crippen LogP contribution in [0.5, 0.6) is 0 Å². The molecule has 0 spiro atoms. The van der Waals surface area contributed by atoms with Crippen LogP contribution in [0.1, 0.15) is 18.1 Å². The summed E-state index contributed by atoms with van der Waals surface area (Å²) in [6.45, 7) is 5.32. The molecule has 0 aliphatic heterocycles. The normalized spacial score (nSPS) is 11.1. The average Bonchev–Trinajstić information content (AvgIpc) is 3.02. The Bertz CT molecular complexity index is 987. The Labute approximate surface area is 174 Å². The van der Waals surface area contributed by atoms with Crippen LogP contribution in [0, 0.1) is 6.92 Å². The van der Waals surface area contributed by atoms with Crippen LogP contribution in [0.25, 0.3) is 11.0 Å². The number of imidazole rings is 1. The largest absolute Gasteiger partial charge is 0.383 e. The molecule has 1 N–H and O–H groups in total. The Kier molecular flexibility index (Phi) is 6.99. The number of hydrogen-bond acceptors (Lipinski definition) is 4. The predicted octanol–water partition coefficient (Wildman–Crippen LogP) is 4.94. The maximum atomic E-state index is 12.6. The number of halogens is 1. The molecular weight excluding hydrogens is 394 g/mol. The highest BCUT2D eigenvalue weighted by Gasteiger charge is 2.15. The van der Waals surface area contributed by atoms with Gasteiger partial charge in [0.25, 0.3) is 0 Å². The van der Waals surface area contributed by atoms with Gasteiger partial charge < -0.3 is 14.6 Å². The van der Waals surface area contributed by atoms with E-state index in [1.807, 2.05) is 43.3 Å². The Morgan fingerprint density at radius 2 is 2.14 bits per heavy atom. The van der Waals surface area contributed by atoms with Crippen molar-refractivity contribution in [3.63, 3.8) is 0 Å². The lowest BCUT2D eigenvalue weighted by atomic mass is 10.1. The number of aromatic nitrogens is 2. The molecular formula is C21H24ClN3O2S. The van der Waals surface area contributed by atoms with Gasteiger partial charge in [-0.1, -0.05) is 48.5 Å². The lowest BCUT2D eigenvalue weighted by Crippen LogP contribution is -2.17. The second kappa shape index (κ2) is 9.45. The number of carbonyl (C=O) groups is 1. The van der Waals surface area contributed by atoms with Gasteiger partial charge in [-0.15, -0.1) is 0 Å². The number of thioether (sulfide) groups is 1. The van der Waals surface area contributed by atoms with E-state index in [0.717, 1.165) is 39.4 Å². The summed E-state index contributed by atoms with van der Waals surface area (Å²) in [6.07, 6.45) is 0.873. The van der Waals surface area contributed by atoms with E-state index in [0.29, 0.717) is 18.2 Å². The first kappa shape index (κ1) is 20.7. The number of aryl methyl sites for hydroxylation is 2. The maximum absolute atomic E-state index is 12.6. The van der Waals surface area contributed by atoms with E-state index in [9.17, 15) is 4.79 Å². The van der Waals surface area contributed by atoms with Crippen LogP contribution in [0.3, 0.4) is 0 Å². The van der Waals surface area contributed by atoms with Crippen molar-refractivity contribution in [3.05, 3.63) is 52.5 Å². The van der Waals surface area contributed by atoms with E-state index < -0.39 is 0 Å². The number of fused-ring (bicyclic) bond motifs is 1. The van der Waals surface area contributed by atoms with Crippen molar-refractivity contribution in [1.82, 2.24) is 9.55 Å². The van der Waals surface area contributed by atoms with Crippen LogP contribution in [0.2, 0.25) is 5.02 Å². The molecule has 0 aliphatic rings. The highest BCUT2D eigenvalue weighted by atomic mass is 35.5. The van der Waals surface area contributed by atoms with Crippen LogP contribution in [-0.4, -0.2) is 34.9 Å². The van der Waals surface area contributed by atoms with Gasteiger partial charge in [0.15, 0.2) is 5.16 Å². The van der Waals surface area contributed by atoms with Crippen LogP contribution in [0.4, 0.5) is 5.69 Å². The topological polar surface area (TPSA) is 56.2 Å². The lowest BCUT2D eigenvalue weighted by molar-refractivity contribution is -0.113. The number of benzene rings is 2. The quantitative estimate of drug-likeness (QED) is 0.527. The molecule has 1 heterocycles. The molecule has 3 rings (SSSR count).